The van der Waals surface area contributed by atoms with Gasteiger partial charge < -0.3 is 15.8 Å². The van der Waals surface area contributed by atoms with Gasteiger partial charge in [-0.15, -0.1) is 0 Å². The van der Waals surface area contributed by atoms with Crippen molar-refractivity contribution >= 4 is 0 Å². The van der Waals surface area contributed by atoms with Gasteiger partial charge in [0.2, 0.25) is 0 Å². The molecule has 0 fully saturated rings. The predicted molar refractivity (Wildman–Crippen MR) is 98.2 cm³/mol. The van der Waals surface area contributed by atoms with Crippen molar-refractivity contribution in [3.63, 3.8) is 0 Å². The molecule has 0 aliphatic carbocycles. The molecule has 0 aromatic carbocycles. The van der Waals surface area contributed by atoms with E-state index in [1.54, 1.807) is 0 Å². The highest BCUT2D eigenvalue weighted by molar-refractivity contribution is 4.64. The Hall–Kier alpha value is -0.120. The molecule has 3 unspecified atom stereocenters. The molecule has 3 N–H and O–H groups in total. The summed E-state index contributed by atoms with van der Waals surface area (Å²) >= 11 is 0. The average molecular weight is 315 g/mol. The monoisotopic (exact) mass is 314 g/mol. The molecule has 0 spiro atoms. The fourth-order valence-corrected chi connectivity index (χ4v) is 3.37. The lowest BCUT2D eigenvalue weighted by atomic mass is 9.86. The topological polar surface area (TPSA) is 47.3 Å². The number of hydrogen-bond acceptors (Lipinski definition) is 3. The Labute approximate surface area is 139 Å². The van der Waals surface area contributed by atoms with E-state index >= 15 is 0 Å². The molecule has 0 amide bonds. The summed E-state index contributed by atoms with van der Waals surface area (Å²) in [5.74, 6) is 3.15. The zero-order valence-corrected chi connectivity index (χ0v) is 15.9. The fraction of sp³-hybridized carbons (Fsp3) is 1.00. The van der Waals surface area contributed by atoms with Gasteiger partial charge in [-0.1, -0.05) is 34.6 Å². The van der Waals surface area contributed by atoms with Gasteiger partial charge in [0.15, 0.2) is 0 Å². The summed E-state index contributed by atoms with van der Waals surface area (Å²) in [6.07, 6.45) is 6.15. The third-order valence-electron chi connectivity index (χ3n) is 4.09. The van der Waals surface area contributed by atoms with Gasteiger partial charge in [-0.25, -0.2) is 0 Å². The van der Waals surface area contributed by atoms with E-state index in [0.29, 0.717) is 5.92 Å². The van der Waals surface area contributed by atoms with Gasteiger partial charge in [0, 0.05) is 13.2 Å². The number of nitrogens with two attached hydrogens (primary N) is 1. The van der Waals surface area contributed by atoms with Crippen molar-refractivity contribution in [1.82, 2.24) is 5.32 Å². The summed E-state index contributed by atoms with van der Waals surface area (Å²) in [5.41, 5.74) is 5.45. The van der Waals surface area contributed by atoms with Gasteiger partial charge in [0.1, 0.15) is 0 Å². The first-order valence-electron chi connectivity index (χ1n) is 9.44. The van der Waals surface area contributed by atoms with Gasteiger partial charge >= 0.3 is 0 Å². The van der Waals surface area contributed by atoms with Crippen LogP contribution in [-0.4, -0.2) is 32.8 Å². The molecule has 0 rings (SSSR count). The molecule has 0 radical (unpaired) electrons. The van der Waals surface area contributed by atoms with Crippen LogP contribution >= 0.6 is 0 Å². The summed E-state index contributed by atoms with van der Waals surface area (Å²) in [4.78, 5) is 0. The van der Waals surface area contributed by atoms with Crippen molar-refractivity contribution in [2.45, 2.75) is 66.7 Å². The number of nitrogens with one attached hydrogen (secondary N) is 1. The van der Waals surface area contributed by atoms with Gasteiger partial charge in [0.25, 0.3) is 0 Å². The molecule has 22 heavy (non-hydrogen) atoms. The highest BCUT2D eigenvalue weighted by Gasteiger charge is 2.13. The zero-order chi connectivity index (χ0) is 16.8. The van der Waals surface area contributed by atoms with Crippen LogP contribution in [0.4, 0.5) is 0 Å². The predicted octanol–water partition coefficient (Wildman–Crippen LogP) is 4.07. The van der Waals surface area contributed by atoms with Gasteiger partial charge in [-0.05, 0) is 75.4 Å². The molecule has 0 saturated carbocycles. The molecule has 3 heteroatoms. The Morgan fingerprint density at radius 3 is 2.05 bits per heavy atom. The molecule has 134 valence electrons. The van der Waals surface area contributed by atoms with Crippen molar-refractivity contribution < 1.29 is 4.74 Å². The molecule has 0 aliphatic rings. The standard InChI is InChI=1S/C19H42N2O/c1-16(2)12-17(3)13-18(4)14-19(5)15-22-11-7-10-21-9-6-8-20/h16-19,21H,6-15,20H2,1-5H3. The van der Waals surface area contributed by atoms with Crippen molar-refractivity contribution in [2.75, 3.05) is 32.8 Å². The van der Waals surface area contributed by atoms with Crippen LogP contribution in [0, 0.1) is 23.7 Å². The second-order valence-corrected chi connectivity index (χ2v) is 7.74. The van der Waals surface area contributed by atoms with Gasteiger partial charge in [-0.2, -0.15) is 0 Å². The summed E-state index contributed by atoms with van der Waals surface area (Å²) in [7, 11) is 0. The first kappa shape index (κ1) is 21.9. The van der Waals surface area contributed by atoms with E-state index in [1.165, 1.54) is 19.3 Å². The minimum Gasteiger partial charge on any atom is -0.381 e. The Morgan fingerprint density at radius 1 is 0.818 bits per heavy atom. The normalized spacial score (nSPS) is 16.0. The summed E-state index contributed by atoms with van der Waals surface area (Å²) in [6.45, 7) is 16.4. The van der Waals surface area contributed by atoms with Crippen LogP contribution in [0.15, 0.2) is 0 Å². The van der Waals surface area contributed by atoms with Crippen LogP contribution in [0.25, 0.3) is 0 Å². The Balaban J connectivity index is 3.49. The van der Waals surface area contributed by atoms with Crippen molar-refractivity contribution in [3.8, 4) is 0 Å². The lowest BCUT2D eigenvalue weighted by molar-refractivity contribution is 0.0932. The van der Waals surface area contributed by atoms with Gasteiger partial charge in [-0.3, -0.25) is 0 Å². The maximum atomic E-state index is 5.81. The molecule has 3 nitrogen and oxygen atoms in total. The molecule has 0 saturated heterocycles. The van der Waals surface area contributed by atoms with E-state index in [1.807, 2.05) is 0 Å². The van der Waals surface area contributed by atoms with Crippen LogP contribution in [0.5, 0.6) is 0 Å². The summed E-state index contributed by atoms with van der Waals surface area (Å²) in [5, 5.41) is 3.38. The van der Waals surface area contributed by atoms with Crippen LogP contribution in [0.3, 0.4) is 0 Å². The van der Waals surface area contributed by atoms with Crippen molar-refractivity contribution in [3.05, 3.63) is 0 Å². The third kappa shape index (κ3) is 14.8. The average Bonchev–Trinajstić information content (AvgIpc) is 2.40. The van der Waals surface area contributed by atoms with Crippen molar-refractivity contribution in [1.29, 1.82) is 0 Å². The summed E-state index contributed by atoms with van der Waals surface area (Å²) < 4.78 is 5.81. The molecule has 0 aliphatic heterocycles. The first-order valence-corrected chi connectivity index (χ1v) is 9.44. The van der Waals surface area contributed by atoms with E-state index in [2.05, 4.69) is 39.9 Å². The Bertz CT molecular complexity index is 233. The number of hydrogen-bond donors (Lipinski definition) is 2. The zero-order valence-electron chi connectivity index (χ0n) is 15.9. The lowest BCUT2D eigenvalue weighted by Gasteiger charge is -2.21. The maximum absolute atomic E-state index is 5.81. The van der Waals surface area contributed by atoms with Crippen LogP contribution in [0.1, 0.15) is 66.7 Å². The fourth-order valence-electron chi connectivity index (χ4n) is 3.37. The number of ether oxygens (including phenoxy) is 1. The molecule has 0 aromatic rings. The van der Waals surface area contributed by atoms with E-state index in [-0.39, 0.29) is 0 Å². The Kier molecular flexibility index (Phi) is 14.4. The van der Waals surface area contributed by atoms with Crippen LogP contribution < -0.4 is 11.1 Å². The first-order chi connectivity index (χ1) is 10.5. The third-order valence-corrected chi connectivity index (χ3v) is 4.09. The molecule has 0 bridgehead atoms. The number of rotatable bonds is 15. The van der Waals surface area contributed by atoms with Crippen LogP contribution in [-0.2, 0) is 4.74 Å². The maximum Gasteiger partial charge on any atom is 0.0491 e. The SMILES string of the molecule is CC(C)CC(C)CC(C)CC(C)COCCCNCCCN. The minimum absolute atomic E-state index is 0.673. The van der Waals surface area contributed by atoms with Crippen LogP contribution in [0.2, 0.25) is 0 Å². The molecular formula is C19H42N2O. The lowest BCUT2D eigenvalue weighted by Crippen LogP contribution is -2.21. The molecular weight excluding hydrogens is 272 g/mol. The molecule has 0 aromatic heterocycles. The largest absolute Gasteiger partial charge is 0.381 e. The van der Waals surface area contributed by atoms with Crippen molar-refractivity contribution in [2.24, 2.45) is 29.4 Å². The molecule has 0 heterocycles. The summed E-state index contributed by atoms with van der Waals surface area (Å²) in [6, 6.07) is 0. The van der Waals surface area contributed by atoms with E-state index in [0.717, 1.165) is 63.4 Å². The second-order valence-electron chi connectivity index (χ2n) is 7.74. The van der Waals surface area contributed by atoms with Gasteiger partial charge in [0.05, 0.1) is 0 Å². The second kappa shape index (κ2) is 14.5. The molecule has 3 atom stereocenters. The minimum atomic E-state index is 0.673. The highest BCUT2D eigenvalue weighted by Crippen LogP contribution is 2.24. The van der Waals surface area contributed by atoms with E-state index in [9.17, 15) is 0 Å². The smallest absolute Gasteiger partial charge is 0.0491 e. The highest BCUT2D eigenvalue weighted by atomic mass is 16.5. The quantitative estimate of drug-likeness (QED) is 0.448. The Morgan fingerprint density at radius 2 is 1.41 bits per heavy atom. The van der Waals surface area contributed by atoms with E-state index < -0.39 is 0 Å². The van der Waals surface area contributed by atoms with E-state index in [4.69, 9.17) is 10.5 Å².